The van der Waals surface area contributed by atoms with Crippen LogP contribution in [0, 0.1) is 0 Å². The first-order valence-electron chi connectivity index (χ1n) is 7.55. The number of pyridine rings is 1. The van der Waals surface area contributed by atoms with Crippen LogP contribution in [0.4, 0.5) is 0 Å². The highest BCUT2D eigenvalue weighted by molar-refractivity contribution is 6.42. The van der Waals surface area contributed by atoms with E-state index >= 15 is 0 Å². The molecule has 2 N–H and O–H groups in total. The topological polar surface area (TPSA) is 83.5 Å². The Kier molecular flexibility index (Phi) is 5.55. The van der Waals surface area contributed by atoms with Gasteiger partial charge in [-0.05, 0) is 29.7 Å². The number of nitrogens with zero attached hydrogens (tertiary/aromatic N) is 1. The number of carbonyl (C=O) groups is 1. The molecule has 1 heterocycles. The quantitative estimate of drug-likeness (QED) is 0.518. The molecular formula is C18H13Cl2N3O3. The van der Waals surface area contributed by atoms with Crippen molar-refractivity contribution >= 4 is 46.2 Å². The van der Waals surface area contributed by atoms with Crippen molar-refractivity contribution in [1.29, 1.82) is 0 Å². The van der Waals surface area contributed by atoms with E-state index in [0.717, 1.165) is 10.9 Å². The number of para-hydroxylation sites is 1. The zero-order valence-corrected chi connectivity index (χ0v) is 14.8. The van der Waals surface area contributed by atoms with Gasteiger partial charge in [-0.1, -0.05) is 47.5 Å². The van der Waals surface area contributed by atoms with Crippen molar-refractivity contribution in [1.82, 2.24) is 10.4 Å². The predicted molar refractivity (Wildman–Crippen MR) is 102 cm³/mol. The summed E-state index contributed by atoms with van der Waals surface area (Å²) in [6, 6.07) is 13.9. The second-order valence-corrected chi connectivity index (χ2v) is 6.06. The number of halogens is 2. The Bertz CT molecular complexity index is 1050. The molecule has 0 saturated heterocycles. The van der Waals surface area contributed by atoms with Crippen LogP contribution in [0.2, 0.25) is 10.0 Å². The molecule has 0 spiro atoms. The van der Waals surface area contributed by atoms with Gasteiger partial charge in [0.25, 0.3) is 11.5 Å². The SMILES string of the molecule is O=C(COc1cccc(Cl)c1Cl)N/N=C/c1cc2ccccc2[nH]c1=O. The molecule has 0 bridgehead atoms. The lowest BCUT2D eigenvalue weighted by Gasteiger charge is -2.07. The van der Waals surface area contributed by atoms with Crippen LogP contribution in [0.1, 0.15) is 5.56 Å². The van der Waals surface area contributed by atoms with Crippen LogP contribution in [-0.4, -0.2) is 23.7 Å². The monoisotopic (exact) mass is 389 g/mol. The van der Waals surface area contributed by atoms with Gasteiger partial charge in [0, 0.05) is 5.52 Å². The summed E-state index contributed by atoms with van der Waals surface area (Å²) in [5.74, 6) is -0.209. The summed E-state index contributed by atoms with van der Waals surface area (Å²) in [4.78, 5) is 26.5. The third-order valence-corrected chi connectivity index (χ3v) is 4.25. The second-order valence-electron chi connectivity index (χ2n) is 5.27. The molecular weight excluding hydrogens is 377 g/mol. The molecule has 3 rings (SSSR count). The van der Waals surface area contributed by atoms with Crippen molar-refractivity contribution in [2.24, 2.45) is 5.10 Å². The number of aromatic amines is 1. The number of rotatable bonds is 5. The Morgan fingerprint density at radius 1 is 1.19 bits per heavy atom. The fourth-order valence-electron chi connectivity index (χ4n) is 2.21. The van der Waals surface area contributed by atoms with Crippen molar-refractivity contribution in [3.63, 3.8) is 0 Å². The number of carbonyl (C=O) groups excluding carboxylic acids is 1. The Labute approximate surface area is 158 Å². The lowest BCUT2D eigenvalue weighted by atomic mass is 10.2. The largest absolute Gasteiger partial charge is 0.482 e. The summed E-state index contributed by atoms with van der Waals surface area (Å²) in [5, 5.41) is 5.20. The number of hydrazone groups is 1. The van der Waals surface area contributed by atoms with Gasteiger partial charge in [-0.3, -0.25) is 9.59 Å². The van der Waals surface area contributed by atoms with Crippen molar-refractivity contribution in [2.45, 2.75) is 0 Å². The standard InChI is InChI=1S/C18H13Cl2N3O3/c19-13-5-3-7-15(17(13)20)26-10-16(24)23-21-9-12-8-11-4-1-2-6-14(11)22-18(12)25/h1-9H,10H2,(H,22,25)(H,23,24)/b21-9+. The Hall–Kier alpha value is -2.83. The molecule has 0 aliphatic carbocycles. The molecule has 0 aliphatic heterocycles. The maximum atomic E-state index is 12.0. The third kappa shape index (κ3) is 4.22. The number of amides is 1. The molecule has 0 unspecified atom stereocenters. The first-order valence-corrected chi connectivity index (χ1v) is 8.31. The molecule has 132 valence electrons. The molecule has 0 aliphatic rings. The fraction of sp³-hybridized carbons (Fsp3) is 0.0556. The average Bonchev–Trinajstić information content (AvgIpc) is 2.63. The highest BCUT2D eigenvalue weighted by Crippen LogP contribution is 2.31. The van der Waals surface area contributed by atoms with E-state index in [2.05, 4.69) is 15.5 Å². The van der Waals surface area contributed by atoms with Gasteiger partial charge in [-0.15, -0.1) is 0 Å². The lowest BCUT2D eigenvalue weighted by molar-refractivity contribution is -0.123. The van der Waals surface area contributed by atoms with E-state index in [4.69, 9.17) is 27.9 Å². The average molecular weight is 390 g/mol. The Balaban J connectivity index is 1.61. The van der Waals surface area contributed by atoms with Gasteiger partial charge in [0.2, 0.25) is 0 Å². The maximum Gasteiger partial charge on any atom is 0.277 e. The fourth-order valence-corrected chi connectivity index (χ4v) is 2.55. The van der Waals surface area contributed by atoms with Crippen molar-refractivity contribution in [3.05, 3.63) is 74.5 Å². The van der Waals surface area contributed by atoms with E-state index < -0.39 is 5.91 Å². The first-order chi connectivity index (χ1) is 12.5. The van der Waals surface area contributed by atoms with Crippen LogP contribution in [0.3, 0.4) is 0 Å². The molecule has 1 amide bonds. The number of aromatic nitrogens is 1. The Morgan fingerprint density at radius 2 is 2.00 bits per heavy atom. The van der Waals surface area contributed by atoms with Crippen LogP contribution in [0.25, 0.3) is 10.9 Å². The minimum atomic E-state index is -0.505. The lowest BCUT2D eigenvalue weighted by Crippen LogP contribution is -2.25. The van der Waals surface area contributed by atoms with Crippen molar-refractivity contribution < 1.29 is 9.53 Å². The zero-order valence-electron chi connectivity index (χ0n) is 13.3. The van der Waals surface area contributed by atoms with Crippen LogP contribution in [0.15, 0.2) is 58.4 Å². The number of fused-ring (bicyclic) bond motifs is 1. The molecule has 0 radical (unpaired) electrons. The molecule has 0 fully saturated rings. The maximum absolute atomic E-state index is 12.0. The van der Waals surface area contributed by atoms with Gasteiger partial charge in [0.05, 0.1) is 16.8 Å². The van der Waals surface area contributed by atoms with Gasteiger partial charge in [-0.25, -0.2) is 5.43 Å². The normalized spacial score (nSPS) is 11.0. The summed E-state index contributed by atoms with van der Waals surface area (Å²) in [5.41, 5.74) is 3.03. The van der Waals surface area contributed by atoms with E-state index in [1.807, 2.05) is 18.2 Å². The number of nitrogens with one attached hydrogen (secondary N) is 2. The number of benzene rings is 2. The van der Waals surface area contributed by atoms with E-state index in [1.54, 1.807) is 30.3 Å². The number of hydrogen-bond donors (Lipinski definition) is 2. The van der Waals surface area contributed by atoms with Crippen molar-refractivity contribution in [2.75, 3.05) is 6.61 Å². The summed E-state index contributed by atoms with van der Waals surface area (Å²) in [7, 11) is 0. The van der Waals surface area contributed by atoms with Crippen molar-refractivity contribution in [3.8, 4) is 5.75 Å². The zero-order chi connectivity index (χ0) is 18.5. The van der Waals surface area contributed by atoms with Gasteiger partial charge in [0.15, 0.2) is 6.61 Å². The smallest absolute Gasteiger partial charge is 0.277 e. The predicted octanol–water partition coefficient (Wildman–Crippen LogP) is 3.36. The minimum Gasteiger partial charge on any atom is -0.482 e. The number of ether oxygens (including phenoxy) is 1. The first kappa shape index (κ1) is 18.0. The summed E-state index contributed by atoms with van der Waals surface area (Å²) < 4.78 is 5.29. The highest BCUT2D eigenvalue weighted by atomic mass is 35.5. The second kappa shape index (κ2) is 8.03. The molecule has 26 heavy (non-hydrogen) atoms. The van der Waals surface area contributed by atoms with E-state index in [1.165, 1.54) is 6.21 Å². The summed E-state index contributed by atoms with van der Waals surface area (Å²) in [6.07, 6.45) is 1.27. The van der Waals surface area contributed by atoms with Crippen LogP contribution >= 0.6 is 23.2 Å². The van der Waals surface area contributed by atoms with Gasteiger partial charge >= 0.3 is 0 Å². The van der Waals surface area contributed by atoms with Gasteiger partial charge < -0.3 is 9.72 Å². The van der Waals surface area contributed by atoms with Gasteiger partial charge in [0.1, 0.15) is 10.8 Å². The van der Waals surface area contributed by atoms with Gasteiger partial charge in [-0.2, -0.15) is 5.10 Å². The van der Waals surface area contributed by atoms with Crippen LogP contribution in [0.5, 0.6) is 5.75 Å². The highest BCUT2D eigenvalue weighted by Gasteiger charge is 2.08. The molecule has 8 heteroatoms. The Morgan fingerprint density at radius 3 is 2.85 bits per heavy atom. The van der Waals surface area contributed by atoms with E-state index in [-0.39, 0.29) is 17.2 Å². The molecule has 6 nitrogen and oxygen atoms in total. The van der Waals surface area contributed by atoms with Crippen LogP contribution < -0.4 is 15.7 Å². The van der Waals surface area contributed by atoms with Crippen LogP contribution in [-0.2, 0) is 4.79 Å². The number of H-pyrrole nitrogens is 1. The minimum absolute atomic E-state index is 0.230. The van der Waals surface area contributed by atoms with E-state index in [9.17, 15) is 9.59 Å². The van der Waals surface area contributed by atoms with E-state index in [0.29, 0.717) is 16.3 Å². The number of hydrogen-bond acceptors (Lipinski definition) is 4. The summed E-state index contributed by atoms with van der Waals surface area (Å²) in [6.45, 7) is -0.300. The molecule has 2 aromatic carbocycles. The molecule has 3 aromatic rings. The molecule has 0 saturated carbocycles. The molecule has 1 aromatic heterocycles. The summed E-state index contributed by atoms with van der Waals surface area (Å²) >= 11 is 11.8. The third-order valence-electron chi connectivity index (χ3n) is 3.45. The molecule has 0 atom stereocenters.